The van der Waals surface area contributed by atoms with E-state index in [9.17, 15) is 9.90 Å². The zero-order valence-electron chi connectivity index (χ0n) is 10.3. The minimum Gasteiger partial charge on any atom is -0.391 e. The Hall–Kier alpha value is -0.870. The van der Waals surface area contributed by atoms with E-state index in [1.165, 1.54) is 12.0 Å². The van der Waals surface area contributed by atoms with Gasteiger partial charge in [-0.15, -0.1) is 0 Å². The molecule has 92 valence electrons. The summed E-state index contributed by atoms with van der Waals surface area (Å²) < 4.78 is 0. The van der Waals surface area contributed by atoms with Gasteiger partial charge in [0.2, 0.25) is 5.91 Å². The van der Waals surface area contributed by atoms with E-state index in [2.05, 4.69) is 10.6 Å². The molecule has 2 atom stereocenters. The summed E-state index contributed by atoms with van der Waals surface area (Å²) in [6.45, 7) is 4.00. The zero-order valence-corrected chi connectivity index (χ0v) is 10.3. The highest BCUT2D eigenvalue weighted by molar-refractivity contribution is 5.78. The van der Waals surface area contributed by atoms with Crippen molar-refractivity contribution in [2.24, 2.45) is 0 Å². The summed E-state index contributed by atoms with van der Waals surface area (Å²) in [5.74, 6) is -0.0762. The maximum absolute atomic E-state index is 11.5. The van der Waals surface area contributed by atoms with Gasteiger partial charge in [-0.1, -0.05) is 5.57 Å². The van der Waals surface area contributed by atoms with Crippen LogP contribution in [0.5, 0.6) is 0 Å². The highest BCUT2D eigenvalue weighted by Gasteiger charge is 2.23. The number of rotatable bonds is 5. The second-order valence-corrected chi connectivity index (χ2v) is 4.46. The van der Waals surface area contributed by atoms with Crippen LogP contribution in [0.3, 0.4) is 0 Å². The van der Waals surface area contributed by atoms with Crippen molar-refractivity contribution in [1.82, 2.24) is 10.6 Å². The molecule has 1 saturated carbocycles. The lowest BCUT2D eigenvalue weighted by atomic mass is 9.85. The van der Waals surface area contributed by atoms with Gasteiger partial charge in [-0.05, 0) is 45.7 Å². The predicted molar refractivity (Wildman–Crippen MR) is 64.1 cm³/mol. The number of aliphatic hydroxyl groups is 1. The fourth-order valence-corrected chi connectivity index (χ4v) is 1.94. The van der Waals surface area contributed by atoms with Gasteiger partial charge < -0.3 is 15.7 Å². The molecule has 16 heavy (non-hydrogen) atoms. The van der Waals surface area contributed by atoms with Gasteiger partial charge in [-0.3, -0.25) is 4.79 Å². The summed E-state index contributed by atoms with van der Waals surface area (Å²) in [5.41, 5.74) is 2.52. The zero-order chi connectivity index (χ0) is 12.1. The van der Waals surface area contributed by atoms with Crippen LogP contribution in [0.25, 0.3) is 0 Å². The summed E-state index contributed by atoms with van der Waals surface area (Å²) in [6, 6.07) is -0.240. The Morgan fingerprint density at radius 2 is 2.12 bits per heavy atom. The van der Waals surface area contributed by atoms with Crippen molar-refractivity contribution in [2.45, 2.75) is 45.3 Å². The number of aliphatic hydroxyl groups excluding tert-OH is 1. The van der Waals surface area contributed by atoms with E-state index in [4.69, 9.17) is 0 Å². The smallest absolute Gasteiger partial charge is 0.234 e. The Bertz CT molecular complexity index is 279. The van der Waals surface area contributed by atoms with E-state index in [1.807, 2.05) is 6.92 Å². The van der Waals surface area contributed by atoms with Crippen LogP contribution in [0, 0.1) is 0 Å². The number of carbonyl (C=O) groups is 1. The average molecular weight is 226 g/mol. The minimum absolute atomic E-state index is 0.0762. The SMILES string of the molecule is CNCC(=O)NC(C(C)=C1CCC1)C(C)O. The lowest BCUT2D eigenvalue weighted by molar-refractivity contribution is -0.121. The summed E-state index contributed by atoms with van der Waals surface area (Å²) in [4.78, 5) is 11.5. The molecule has 4 heteroatoms. The highest BCUT2D eigenvalue weighted by atomic mass is 16.3. The van der Waals surface area contributed by atoms with Crippen LogP contribution in [0.4, 0.5) is 0 Å². The monoisotopic (exact) mass is 226 g/mol. The van der Waals surface area contributed by atoms with E-state index in [0.717, 1.165) is 18.4 Å². The maximum atomic E-state index is 11.5. The van der Waals surface area contributed by atoms with Gasteiger partial charge in [-0.25, -0.2) is 0 Å². The molecule has 1 amide bonds. The molecule has 1 fully saturated rings. The molecular formula is C12H22N2O2. The fourth-order valence-electron chi connectivity index (χ4n) is 1.94. The lowest BCUT2D eigenvalue weighted by Crippen LogP contribution is -2.46. The van der Waals surface area contributed by atoms with Crippen LogP contribution in [-0.4, -0.2) is 36.8 Å². The van der Waals surface area contributed by atoms with Gasteiger partial charge in [0.1, 0.15) is 0 Å². The van der Waals surface area contributed by atoms with Crippen LogP contribution in [0.1, 0.15) is 33.1 Å². The van der Waals surface area contributed by atoms with Crippen LogP contribution in [0.2, 0.25) is 0 Å². The van der Waals surface area contributed by atoms with Gasteiger partial charge in [0, 0.05) is 0 Å². The number of amides is 1. The van der Waals surface area contributed by atoms with Gasteiger partial charge in [0.05, 0.1) is 18.7 Å². The van der Waals surface area contributed by atoms with Crippen molar-refractivity contribution in [2.75, 3.05) is 13.6 Å². The maximum Gasteiger partial charge on any atom is 0.234 e. The fraction of sp³-hybridized carbons (Fsp3) is 0.750. The van der Waals surface area contributed by atoms with Gasteiger partial charge >= 0.3 is 0 Å². The minimum atomic E-state index is -0.547. The Balaban J connectivity index is 2.64. The number of likely N-dealkylation sites (N-methyl/N-ethyl adjacent to an activating group) is 1. The third-order valence-corrected chi connectivity index (χ3v) is 3.12. The van der Waals surface area contributed by atoms with Crippen LogP contribution in [0.15, 0.2) is 11.1 Å². The van der Waals surface area contributed by atoms with Crippen molar-refractivity contribution in [3.63, 3.8) is 0 Å². The van der Waals surface area contributed by atoms with Crippen LogP contribution >= 0.6 is 0 Å². The molecule has 1 aliphatic carbocycles. The molecule has 2 unspecified atom stereocenters. The first-order valence-corrected chi connectivity index (χ1v) is 5.86. The normalized spacial score (nSPS) is 18.6. The summed E-state index contributed by atoms with van der Waals surface area (Å²) in [5, 5.41) is 15.4. The lowest BCUT2D eigenvalue weighted by Gasteiger charge is -2.28. The van der Waals surface area contributed by atoms with E-state index < -0.39 is 6.10 Å². The Morgan fingerprint density at radius 1 is 1.50 bits per heavy atom. The number of allylic oxidation sites excluding steroid dienone is 1. The van der Waals surface area contributed by atoms with Gasteiger partial charge in [-0.2, -0.15) is 0 Å². The third-order valence-electron chi connectivity index (χ3n) is 3.12. The molecule has 1 rings (SSSR count). The van der Waals surface area contributed by atoms with Gasteiger partial charge in [0.25, 0.3) is 0 Å². The molecule has 0 heterocycles. The van der Waals surface area contributed by atoms with E-state index in [0.29, 0.717) is 0 Å². The second kappa shape index (κ2) is 6.01. The second-order valence-electron chi connectivity index (χ2n) is 4.46. The molecule has 0 aromatic carbocycles. The Labute approximate surface area is 97.1 Å². The first-order valence-electron chi connectivity index (χ1n) is 5.86. The summed E-state index contributed by atoms with van der Waals surface area (Å²) in [6.07, 6.45) is 2.89. The van der Waals surface area contributed by atoms with Gasteiger partial charge in [0.15, 0.2) is 0 Å². The molecule has 0 aromatic heterocycles. The van der Waals surface area contributed by atoms with E-state index >= 15 is 0 Å². The number of hydrogen-bond acceptors (Lipinski definition) is 3. The van der Waals surface area contributed by atoms with Crippen molar-refractivity contribution in [3.05, 3.63) is 11.1 Å². The molecule has 0 bridgehead atoms. The first kappa shape index (κ1) is 13.2. The molecule has 0 spiro atoms. The molecule has 4 nitrogen and oxygen atoms in total. The molecule has 0 aliphatic heterocycles. The highest BCUT2D eigenvalue weighted by Crippen LogP contribution is 2.30. The summed E-state index contributed by atoms with van der Waals surface area (Å²) in [7, 11) is 1.73. The Kier molecular flexibility index (Phi) is 4.96. The van der Waals surface area contributed by atoms with Crippen molar-refractivity contribution >= 4 is 5.91 Å². The Morgan fingerprint density at radius 3 is 2.50 bits per heavy atom. The van der Waals surface area contributed by atoms with Crippen LogP contribution < -0.4 is 10.6 Å². The van der Waals surface area contributed by atoms with Crippen molar-refractivity contribution in [3.8, 4) is 0 Å². The summed E-state index contributed by atoms with van der Waals surface area (Å²) >= 11 is 0. The quantitative estimate of drug-likeness (QED) is 0.601. The average Bonchev–Trinajstić information content (AvgIpc) is 2.11. The number of carbonyl (C=O) groups excluding carboxylic acids is 1. The largest absolute Gasteiger partial charge is 0.391 e. The standard InChI is InChI=1S/C12H22N2O2/c1-8(10-5-4-6-10)12(9(2)15)14-11(16)7-13-3/h9,12-13,15H,4-7H2,1-3H3,(H,14,16). The first-order chi connectivity index (χ1) is 7.56. The van der Waals surface area contributed by atoms with E-state index in [1.54, 1.807) is 14.0 Å². The molecule has 1 aliphatic rings. The molecular weight excluding hydrogens is 204 g/mol. The number of hydrogen-bond donors (Lipinski definition) is 3. The number of nitrogens with one attached hydrogen (secondary N) is 2. The topological polar surface area (TPSA) is 61.4 Å². The predicted octanol–water partition coefficient (Wildman–Crippen LogP) is 0.572. The molecule has 0 radical (unpaired) electrons. The molecule has 0 aromatic rings. The molecule has 3 N–H and O–H groups in total. The molecule has 0 saturated heterocycles. The van der Waals surface area contributed by atoms with E-state index in [-0.39, 0.29) is 18.5 Å². The van der Waals surface area contributed by atoms with Crippen molar-refractivity contribution < 1.29 is 9.90 Å². The third kappa shape index (κ3) is 3.32. The van der Waals surface area contributed by atoms with Crippen molar-refractivity contribution in [1.29, 1.82) is 0 Å². The van der Waals surface area contributed by atoms with Crippen LogP contribution in [-0.2, 0) is 4.79 Å².